The largest absolute Gasteiger partial charge is 1.00 e. The van der Waals surface area contributed by atoms with Gasteiger partial charge in [0.15, 0.2) is 0 Å². The minimum Gasteiger partial charge on any atom is -0.549 e. The Morgan fingerprint density at radius 2 is 1.71 bits per heavy atom. The summed E-state index contributed by atoms with van der Waals surface area (Å²) in [7, 11) is 0. The molecule has 2 nitrogen and oxygen atoms in total. The van der Waals surface area contributed by atoms with Crippen molar-refractivity contribution >= 4 is 17.6 Å². The number of carbonyl (C=O) groups excluding carboxylic acids is 1. The van der Waals surface area contributed by atoms with Crippen molar-refractivity contribution < 1.29 is 61.3 Å². The summed E-state index contributed by atoms with van der Waals surface area (Å²) >= 11 is 5.49. The maximum Gasteiger partial charge on any atom is 1.00 e. The predicted molar refractivity (Wildman–Crippen MR) is 52.6 cm³/mol. The number of unbranched alkanes of at least 4 members (excludes halogenated alkanes) is 5. The third kappa shape index (κ3) is 11.5. The van der Waals surface area contributed by atoms with Crippen molar-refractivity contribution in [2.24, 2.45) is 0 Å². The summed E-state index contributed by atoms with van der Waals surface area (Å²) in [6.45, 7) is 2.17. The fraction of sp³-hybridized carbons (Fsp3) is 0.900. The number of alkyl halides is 1. The molecule has 0 spiro atoms. The van der Waals surface area contributed by atoms with Crippen LogP contribution < -0.4 is 56.5 Å². The van der Waals surface area contributed by atoms with Crippen LogP contribution >= 0.6 is 11.6 Å². The average molecular weight is 245 g/mol. The Kier molecular flexibility index (Phi) is 15.8. The number of carbonyl (C=O) groups is 1. The van der Waals surface area contributed by atoms with E-state index in [-0.39, 0.29) is 51.4 Å². The minimum atomic E-state index is -1.14. The van der Waals surface area contributed by atoms with Crippen LogP contribution in [0.1, 0.15) is 51.9 Å². The number of aliphatic carboxylic acids is 1. The first-order chi connectivity index (χ1) is 6.18. The molecule has 1 atom stereocenters. The SMILES string of the molecule is CCCCCCCCC(Cl)C(=O)[O-].[K+]. The van der Waals surface area contributed by atoms with Crippen molar-refractivity contribution in [2.75, 3.05) is 0 Å². The Hall–Kier alpha value is 1.40. The molecule has 0 aliphatic rings. The molecule has 0 rings (SSSR count). The summed E-state index contributed by atoms with van der Waals surface area (Å²) < 4.78 is 0. The van der Waals surface area contributed by atoms with Gasteiger partial charge in [-0.15, -0.1) is 11.6 Å². The van der Waals surface area contributed by atoms with E-state index in [1.165, 1.54) is 25.7 Å². The topological polar surface area (TPSA) is 40.1 Å². The van der Waals surface area contributed by atoms with Crippen LogP contribution in [0.3, 0.4) is 0 Å². The first-order valence-corrected chi connectivity index (χ1v) is 5.47. The van der Waals surface area contributed by atoms with Gasteiger partial charge >= 0.3 is 51.4 Å². The van der Waals surface area contributed by atoms with Gasteiger partial charge in [-0.1, -0.05) is 45.4 Å². The summed E-state index contributed by atoms with van der Waals surface area (Å²) in [5.74, 6) is -1.14. The third-order valence-electron chi connectivity index (χ3n) is 2.07. The van der Waals surface area contributed by atoms with Crippen LogP contribution in [-0.4, -0.2) is 11.3 Å². The van der Waals surface area contributed by atoms with Crippen molar-refractivity contribution in [1.82, 2.24) is 0 Å². The molecule has 0 saturated heterocycles. The quantitative estimate of drug-likeness (QED) is 0.315. The summed E-state index contributed by atoms with van der Waals surface area (Å²) in [6.07, 6.45) is 7.44. The van der Waals surface area contributed by atoms with Crippen LogP contribution in [0.5, 0.6) is 0 Å². The molecule has 0 aromatic rings. The molecule has 0 amide bonds. The number of hydrogen-bond donors (Lipinski definition) is 0. The molecule has 0 radical (unpaired) electrons. The molecule has 0 aromatic heterocycles. The molecule has 1 unspecified atom stereocenters. The zero-order valence-electron chi connectivity index (χ0n) is 9.22. The van der Waals surface area contributed by atoms with E-state index in [0.717, 1.165) is 12.8 Å². The van der Waals surface area contributed by atoms with E-state index in [1.54, 1.807) is 0 Å². The van der Waals surface area contributed by atoms with Gasteiger partial charge in [0.05, 0.1) is 11.3 Å². The molecule has 0 aliphatic carbocycles. The molecule has 0 aliphatic heterocycles. The van der Waals surface area contributed by atoms with E-state index in [9.17, 15) is 9.90 Å². The number of carboxylic acids is 1. The summed E-state index contributed by atoms with van der Waals surface area (Å²) in [6, 6.07) is 0. The molecule has 14 heavy (non-hydrogen) atoms. The van der Waals surface area contributed by atoms with Gasteiger partial charge in [-0.05, 0) is 6.42 Å². The zero-order valence-corrected chi connectivity index (χ0v) is 13.1. The molecule has 0 bridgehead atoms. The van der Waals surface area contributed by atoms with Gasteiger partial charge in [0, 0.05) is 0 Å². The maximum atomic E-state index is 10.2. The van der Waals surface area contributed by atoms with E-state index < -0.39 is 11.3 Å². The molecule has 0 aromatic carbocycles. The van der Waals surface area contributed by atoms with Crippen LogP contribution in [0.2, 0.25) is 0 Å². The number of hydrogen-bond acceptors (Lipinski definition) is 2. The van der Waals surface area contributed by atoms with Gasteiger partial charge in [-0.3, -0.25) is 0 Å². The molecule has 78 valence electrons. The van der Waals surface area contributed by atoms with Gasteiger partial charge in [0.1, 0.15) is 0 Å². The molecular weight excluding hydrogens is 227 g/mol. The maximum absolute atomic E-state index is 10.2. The molecular formula is C10H18ClKO2. The summed E-state index contributed by atoms with van der Waals surface area (Å²) in [5.41, 5.74) is 0. The molecule has 0 fully saturated rings. The van der Waals surface area contributed by atoms with Crippen LogP contribution in [0, 0.1) is 0 Å². The molecule has 0 saturated carbocycles. The number of rotatable bonds is 8. The summed E-state index contributed by atoms with van der Waals surface area (Å²) in [4.78, 5) is 10.2. The number of halogens is 1. The number of carboxylic acid groups (broad SMARTS) is 1. The second-order valence-electron chi connectivity index (χ2n) is 3.34. The molecule has 0 N–H and O–H groups in total. The average Bonchev–Trinajstić information content (AvgIpc) is 2.10. The standard InChI is InChI=1S/C10H19ClO2.K/c1-2-3-4-5-6-7-8-9(11)10(12)13;/h9H,2-8H2,1H3,(H,12,13);/q;+1/p-1. The second-order valence-corrected chi connectivity index (χ2v) is 3.87. The van der Waals surface area contributed by atoms with Crippen LogP contribution in [0.25, 0.3) is 0 Å². The van der Waals surface area contributed by atoms with Crippen molar-refractivity contribution in [3.63, 3.8) is 0 Å². The van der Waals surface area contributed by atoms with E-state index in [4.69, 9.17) is 11.6 Å². The van der Waals surface area contributed by atoms with Gasteiger partial charge in [-0.25, -0.2) is 0 Å². The second kappa shape index (κ2) is 12.5. The fourth-order valence-corrected chi connectivity index (χ4v) is 1.38. The first-order valence-electron chi connectivity index (χ1n) is 5.03. The monoisotopic (exact) mass is 244 g/mol. The third-order valence-corrected chi connectivity index (χ3v) is 2.46. The van der Waals surface area contributed by atoms with Gasteiger partial charge in [0.25, 0.3) is 0 Å². The summed E-state index contributed by atoms with van der Waals surface area (Å²) in [5, 5.41) is 9.42. The van der Waals surface area contributed by atoms with Crippen LogP contribution in [-0.2, 0) is 4.79 Å². The van der Waals surface area contributed by atoms with E-state index in [0.29, 0.717) is 6.42 Å². The Morgan fingerprint density at radius 1 is 1.21 bits per heavy atom. The Labute approximate surface area is 134 Å². The van der Waals surface area contributed by atoms with Gasteiger partial charge in [0.2, 0.25) is 0 Å². The van der Waals surface area contributed by atoms with E-state index >= 15 is 0 Å². The van der Waals surface area contributed by atoms with Gasteiger partial charge in [-0.2, -0.15) is 0 Å². The Morgan fingerprint density at radius 3 is 2.21 bits per heavy atom. The first kappa shape index (κ1) is 17.8. The smallest absolute Gasteiger partial charge is 0.549 e. The fourth-order valence-electron chi connectivity index (χ4n) is 1.22. The van der Waals surface area contributed by atoms with Crippen molar-refractivity contribution in [1.29, 1.82) is 0 Å². The van der Waals surface area contributed by atoms with E-state index in [1.807, 2.05) is 0 Å². The molecule has 4 heteroatoms. The van der Waals surface area contributed by atoms with Gasteiger partial charge < -0.3 is 9.90 Å². The van der Waals surface area contributed by atoms with Crippen molar-refractivity contribution in [3.05, 3.63) is 0 Å². The van der Waals surface area contributed by atoms with Crippen LogP contribution in [0.15, 0.2) is 0 Å². The Balaban J connectivity index is 0. The van der Waals surface area contributed by atoms with Crippen molar-refractivity contribution in [3.8, 4) is 0 Å². The Bertz CT molecular complexity index is 142. The van der Waals surface area contributed by atoms with Crippen LogP contribution in [0.4, 0.5) is 0 Å². The predicted octanol–water partition coefficient (Wildman–Crippen LogP) is -0.902. The van der Waals surface area contributed by atoms with Crippen molar-refractivity contribution in [2.45, 2.75) is 57.2 Å². The normalized spacial score (nSPS) is 11.9. The minimum absolute atomic E-state index is 0. The molecule has 0 heterocycles. The zero-order chi connectivity index (χ0) is 10.1. The van der Waals surface area contributed by atoms with E-state index in [2.05, 4.69) is 6.92 Å².